The number of nitrogen functional groups attached to an aromatic ring is 1. The first-order valence-corrected chi connectivity index (χ1v) is 6.53. The number of carbonyl (C=O) groups excluding carboxylic acids is 1. The van der Waals surface area contributed by atoms with E-state index in [0.29, 0.717) is 5.75 Å². The predicted molar refractivity (Wildman–Crippen MR) is 76.4 cm³/mol. The van der Waals surface area contributed by atoms with Crippen LogP contribution in [0.5, 0.6) is 5.75 Å². The van der Waals surface area contributed by atoms with Crippen LogP contribution >= 0.6 is 11.8 Å². The van der Waals surface area contributed by atoms with Crippen LogP contribution < -0.4 is 16.2 Å². The molecule has 0 aliphatic carbocycles. The molecule has 0 aliphatic heterocycles. The van der Waals surface area contributed by atoms with Crippen molar-refractivity contribution in [1.82, 2.24) is 0 Å². The fourth-order valence-corrected chi connectivity index (χ4v) is 2.49. The van der Waals surface area contributed by atoms with Crippen LogP contribution in [0.4, 0.5) is 10.1 Å². The Labute approximate surface area is 119 Å². The maximum Gasteiger partial charge on any atom is 0.250 e. The van der Waals surface area contributed by atoms with Gasteiger partial charge in [0, 0.05) is 15.5 Å². The second kappa shape index (κ2) is 5.83. The zero-order valence-electron chi connectivity index (χ0n) is 10.7. The van der Waals surface area contributed by atoms with Crippen LogP contribution in [-0.4, -0.2) is 13.0 Å². The van der Waals surface area contributed by atoms with Crippen LogP contribution in [0.1, 0.15) is 10.4 Å². The van der Waals surface area contributed by atoms with Crippen molar-refractivity contribution in [2.24, 2.45) is 5.73 Å². The van der Waals surface area contributed by atoms with Gasteiger partial charge in [0.05, 0.1) is 12.7 Å². The molecule has 2 rings (SSSR count). The first-order chi connectivity index (χ1) is 9.51. The number of ether oxygens (including phenoxy) is 1. The molecule has 6 heteroatoms. The molecule has 4 nitrogen and oxygen atoms in total. The van der Waals surface area contributed by atoms with Gasteiger partial charge in [-0.3, -0.25) is 4.79 Å². The smallest absolute Gasteiger partial charge is 0.250 e. The molecule has 0 heterocycles. The van der Waals surface area contributed by atoms with Gasteiger partial charge in [0.25, 0.3) is 5.91 Å². The summed E-state index contributed by atoms with van der Waals surface area (Å²) in [5, 5.41) is 0. The van der Waals surface area contributed by atoms with Gasteiger partial charge in [-0.25, -0.2) is 4.39 Å². The van der Waals surface area contributed by atoms with E-state index >= 15 is 0 Å². The zero-order valence-corrected chi connectivity index (χ0v) is 11.5. The minimum atomic E-state index is -0.681. The highest BCUT2D eigenvalue weighted by Gasteiger charge is 2.13. The third-order valence-electron chi connectivity index (χ3n) is 2.66. The molecular weight excluding hydrogens is 279 g/mol. The van der Waals surface area contributed by atoms with Crippen molar-refractivity contribution in [2.45, 2.75) is 9.79 Å². The van der Waals surface area contributed by atoms with Gasteiger partial charge in [-0.1, -0.05) is 11.8 Å². The number of rotatable bonds is 4. The molecule has 104 valence electrons. The van der Waals surface area contributed by atoms with Gasteiger partial charge >= 0.3 is 0 Å². The van der Waals surface area contributed by atoms with E-state index < -0.39 is 11.7 Å². The number of benzene rings is 2. The second-order valence-corrected chi connectivity index (χ2v) is 5.13. The summed E-state index contributed by atoms with van der Waals surface area (Å²) in [5.74, 6) is -0.461. The Kier molecular flexibility index (Phi) is 4.14. The van der Waals surface area contributed by atoms with E-state index in [4.69, 9.17) is 16.2 Å². The molecule has 0 aromatic heterocycles. The molecule has 4 N–H and O–H groups in total. The molecule has 0 radical (unpaired) electrons. The van der Waals surface area contributed by atoms with E-state index in [1.54, 1.807) is 31.4 Å². The molecule has 0 aliphatic rings. The second-order valence-electron chi connectivity index (χ2n) is 4.01. The van der Waals surface area contributed by atoms with Crippen molar-refractivity contribution in [1.29, 1.82) is 0 Å². The SMILES string of the molecule is COc1ccc(Sc2cc(C(N)=O)c(N)cc2F)cc1. The van der Waals surface area contributed by atoms with E-state index in [0.717, 1.165) is 11.0 Å². The Bertz CT molecular complexity index is 644. The third kappa shape index (κ3) is 3.03. The maximum atomic E-state index is 13.8. The first kappa shape index (κ1) is 14.2. The Morgan fingerprint density at radius 2 is 1.90 bits per heavy atom. The van der Waals surface area contributed by atoms with E-state index in [1.165, 1.54) is 17.8 Å². The van der Waals surface area contributed by atoms with Gasteiger partial charge in [-0.2, -0.15) is 0 Å². The standard InChI is InChI=1S/C14H13FN2O2S/c1-19-8-2-4-9(5-3-8)20-13-6-10(14(17)18)12(16)7-11(13)15/h2-7H,16H2,1H3,(H2,17,18). The van der Waals surface area contributed by atoms with Crippen LogP contribution in [0, 0.1) is 5.82 Å². The number of primary amides is 1. The van der Waals surface area contributed by atoms with Crippen LogP contribution in [0.25, 0.3) is 0 Å². The minimum Gasteiger partial charge on any atom is -0.497 e. The lowest BCUT2D eigenvalue weighted by molar-refractivity contribution is 0.100. The average Bonchev–Trinajstić information content (AvgIpc) is 2.42. The fourth-order valence-electron chi connectivity index (χ4n) is 1.63. The van der Waals surface area contributed by atoms with Crippen molar-refractivity contribution in [3.8, 4) is 5.75 Å². The molecule has 2 aromatic rings. The van der Waals surface area contributed by atoms with Gasteiger partial charge in [0.15, 0.2) is 0 Å². The summed E-state index contributed by atoms with van der Waals surface area (Å²) in [6.07, 6.45) is 0. The number of anilines is 1. The lowest BCUT2D eigenvalue weighted by Crippen LogP contribution is -2.14. The molecule has 0 spiro atoms. The van der Waals surface area contributed by atoms with Gasteiger partial charge in [0.2, 0.25) is 0 Å². The van der Waals surface area contributed by atoms with E-state index in [-0.39, 0.29) is 16.1 Å². The van der Waals surface area contributed by atoms with E-state index in [1.807, 2.05) is 0 Å². The molecule has 1 amide bonds. The average molecular weight is 292 g/mol. The Hall–Kier alpha value is -2.21. The fraction of sp³-hybridized carbons (Fsp3) is 0.0714. The van der Waals surface area contributed by atoms with Crippen molar-refractivity contribution in [3.05, 3.63) is 47.8 Å². The van der Waals surface area contributed by atoms with Crippen LogP contribution in [0.2, 0.25) is 0 Å². The van der Waals surface area contributed by atoms with E-state index in [2.05, 4.69) is 0 Å². The molecule has 2 aromatic carbocycles. The van der Waals surface area contributed by atoms with Crippen molar-refractivity contribution >= 4 is 23.4 Å². The zero-order chi connectivity index (χ0) is 14.7. The van der Waals surface area contributed by atoms with Gasteiger partial charge in [-0.05, 0) is 36.4 Å². The molecule has 0 fully saturated rings. The molecule has 0 saturated carbocycles. The molecular formula is C14H13FN2O2S. The molecule has 0 atom stereocenters. The van der Waals surface area contributed by atoms with Gasteiger partial charge in [0.1, 0.15) is 11.6 Å². The van der Waals surface area contributed by atoms with E-state index in [9.17, 15) is 9.18 Å². The number of carbonyl (C=O) groups is 1. The number of hydrogen-bond acceptors (Lipinski definition) is 4. The number of methoxy groups -OCH3 is 1. The highest BCUT2D eigenvalue weighted by Crippen LogP contribution is 2.33. The normalized spacial score (nSPS) is 10.3. The van der Waals surface area contributed by atoms with Crippen LogP contribution in [0.3, 0.4) is 0 Å². The summed E-state index contributed by atoms with van der Waals surface area (Å²) in [4.78, 5) is 12.3. The molecule has 20 heavy (non-hydrogen) atoms. The maximum absolute atomic E-state index is 13.8. The summed E-state index contributed by atoms with van der Waals surface area (Å²) < 4.78 is 18.9. The predicted octanol–water partition coefficient (Wildman–Crippen LogP) is 2.67. The number of hydrogen-bond donors (Lipinski definition) is 2. The van der Waals surface area contributed by atoms with Crippen molar-refractivity contribution < 1.29 is 13.9 Å². The summed E-state index contributed by atoms with van der Waals surface area (Å²) in [7, 11) is 1.57. The van der Waals surface area contributed by atoms with Crippen LogP contribution in [0.15, 0.2) is 46.2 Å². The molecule has 0 saturated heterocycles. The molecule has 0 bridgehead atoms. The Balaban J connectivity index is 2.32. The van der Waals surface area contributed by atoms with Crippen molar-refractivity contribution in [3.63, 3.8) is 0 Å². The summed E-state index contributed by atoms with van der Waals surface area (Å²) in [5.41, 5.74) is 10.9. The number of nitrogens with two attached hydrogens (primary N) is 2. The van der Waals surface area contributed by atoms with Crippen molar-refractivity contribution in [2.75, 3.05) is 12.8 Å². The largest absolute Gasteiger partial charge is 0.497 e. The van der Waals surface area contributed by atoms with Gasteiger partial charge in [-0.15, -0.1) is 0 Å². The monoisotopic (exact) mass is 292 g/mol. The Morgan fingerprint density at radius 1 is 1.25 bits per heavy atom. The minimum absolute atomic E-state index is 0.0362. The lowest BCUT2D eigenvalue weighted by Gasteiger charge is -2.08. The summed E-state index contributed by atoms with van der Waals surface area (Å²) in [6, 6.07) is 9.60. The summed E-state index contributed by atoms with van der Waals surface area (Å²) in [6.45, 7) is 0. The molecule has 0 unspecified atom stereocenters. The lowest BCUT2D eigenvalue weighted by atomic mass is 10.1. The quantitative estimate of drug-likeness (QED) is 0.849. The number of halogens is 1. The highest BCUT2D eigenvalue weighted by molar-refractivity contribution is 7.99. The third-order valence-corrected chi connectivity index (χ3v) is 3.70. The van der Waals surface area contributed by atoms with Crippen LogP contribution in [-0.2, 0) is 0 Å². The topological polar surface area (TPSA) is 78.3 Å². The Morgan fingerprint density at radius 3 is 2.45 bits per heavy atom. The van der Waals surface area contributed by atoms with Gasteiger partial charge < -0.3 is 16.2 Å². The summed E-state index contributed by atoms with van der Waals surface area (Å²) >= 11 is 1.18. The number of amides is 1. The highest BCUT2D eigenvalue weighted by atomic mass is 32.2. The first-order valence-electron chi connectivity index (χ1n) is 5.72.